The third kappa shape index (κ3) is 3.27. The Balaban J connectivity index is 1.88. The van der Waals surface area contributed by atoms with Crippen LogP contribution in [-0.2, 0) is 19.7 Å². The van der Waals surface area contributed by atoms with E-state index in [-0.39, 0.29) is 29.6 Å². The van der Waals surface area contributed by atoms with Crippen molar-refractivity contribution in [2.45, 2.75) is 77.0 Å². The van der Waals surface area contributed by atoms with E-state index in [1.54, 1.807) is 0 Å². The Morgan fingerprint density at radius 3 is 2.20 bits per heavy atom. The highest BCUT2D eigenvalue weighted by Crippen LogP contribution is 2.55. The van der Waals surface area contributed by atoms with E-state index in [1.165, 1.54) is 0 Å². The van der Waals surface area contributed by atoms with Crippen LogP contribution in [0.1, 0.15) is 70.2 Å². The van der Waals surface area contributed by atoms with Gasteiger partial charge in [-0.05, 0) is 43.4 Å². The van der Waals surface area contributed by atoms with E-state index in [9.17, 15) is 9.59 Å². The standard InChI is InChI=1S/C26H31NO3/c1-17-11-13-18(14-12-17)22-26(16-19(28)15-25(5,6)30-26)23(29)27(22)21-10-8-7-9-20(21)24(2,3)4/h7-14,22H,15-16H2,1-6H3/t22-,26+/m0/s1. The molecule has 1 amide bonds. The largest absolute Gasteiger partial charge is 0.356 e. The summed E-state index contributed by atoms with van der Waals surface area (Å²) in [7, 11) is 0. The van der Waals surface area contributed by atoms with Crippen molar-refractivity contribution in [2.24, 2.45) is 0 Å². The van der Waals surface area contributed by atoms with Gasteiger partial charge in [-0.2, -0.15) is 0 Å². The molecule has 2 atom stereocenters. The highest BCUT2D eigenvalue weighted by molar-refractivity contribution is 6.11. The first-order valence-electron chi connectivity index (χ1n) is 10.7. The molecule has 4 heteroatoms. The first kappa shape index (κ1) is 20.8. The Hall–Kier alpha value is -2.46. The van der Waals surface area contributed by atoms with Gasteiger partial charge in [0.15, 0.2) is 5.60 Å². The summed E-state index contributed by atoms with van der Waals surface area (Å²) in [5, 5.41) is 0. The molecule has 30 heavy (non-hydrogen) atoms. The molecule has 4 nitrogen and oxygen atoms in total. The molecular formula is C26H31NO3. The predicted octanol–water partition coefficient (Wildman–Crippen LogP) is 5.28. The molecule has 0 radical (unpaired) electrons. The van der Waals surface area contributed by atoms with E-state index in [2.05, 4.69) is 51.1 Å². The fourth-order valence-corrected chi connectivity index (χ4v) is 4.98. The summed E-state index contributed by atoms with van der Waals surface area (Å²) in [6, 6.07) is 15.9. The van der Waals surface area contributed by atoms with Gasteiger partial charge in [0.05, 0.1) is 5.60 Å². The molecule has 2 aromatic carbocycles. The molecule has 0 N–H and O–H groups in total. The summed E-state index contributed by atoms with van der Waals surface area (Å²) in [6.07, 6.45) is 0.462. The smallest absolute Gasteiger partial charge is 0.262 e. The summed E-state index contributed by atoms with van der Waals surface area (Å²) >= 11 is 0. The van der Waals surface area contributed by atoms with Gasteiger partial charge in [-0.25, -0.2) is 0 Å². The third-order valence-electron chi connectivity index (χ3n) is 6.19. The number of para-hydroxylation sites is 1. The average Bonchev–Trinajstić information content (AvgIpc) is 2.64. The first-order chi connectivity index (χ1) is 13.9. The van der Waals surface area contributed by atoms with Crippen molar-refractivity contribution in [2.75, 3.05) is 4.90 Å². The number of hydrogen-bond acceptors (Lipinski definition) is 3. The van der Waals surface area contributed by atoms with Gasteiger partial charge in [0.1, 0.15) is 11.8 Å². The normalized spacial score (nSPS) is 26.1. The van der Waals surface area contributed by atoms with E-state index in [4.69, 9.17) is 4.74 Å². The number of anilines is 1. The molecule has 0 bridgehead atoms. The van der Waals surface area contributed by atoms with Crippen LogP contribution in [0.2, 0.25) is 0 Å². The Labute approximate surface area is 179 Å². The second kappa shape index (κ2) is 6.78. The quantitative estimate of drug-likeness (QED) is 0.639. The lowest BCUT2D eigenvalue weighted by Gasteiger charge is -2.59. The molecule has 2 saturated heterocycles. The summed E-state index contributed by atoms with van der Waals surface area (Å²) in [6.45, 7) is 12.3. The number of benzene rings is 2. The fraction of sp³-hybridized carbons (Fsp3) is 0.462. The molecule has 1 spiro atoms. The molecule has 0 aromatic heterocycles. The second-order valence-electron chi connectivity index (χ2n) is 10.4. The topological polar surface area (TPSA) is 46.6 Å². The van der Waals surface area contributed by atoms with Crippen molar-refractivity contribution >= 4 is 17.4 Å². The Kier molecular flexibility index (Phi) is 4.70. The number of ether oxygens (including phenoxy) is 1. The molecule has 2 aromatic rings. The molecular weight excluding hydrogens is 374 g/mol. The molecule has 2 aliphatic heterocycles. The van der Waals surface area contributed by atoms with Crippen LogP contribution < -0.4 is 4.90 Å². The minimum absolute atomic E-state index is 0.0838. The zero-order valence-corrected chi connectivity index (χ0v) is 18.8. The minimum atomic E-state index is -1.14. The number of aryl methyl sites for hydroxylation is 1. The molecule has 0 saturated carbocycles. The van der Waals surface area contributed by atoms with E-state index < -0.39 is 11.2 Å². The SMILES string of the molecule is Cc1ccc([C@@H]2N(c3ccccc3C(C)(C)C)C(=O)[C@@]23CC(=O)CC(C)(C)O3)cc1. The van der Waals surface area contributed by atoms with Crippen LogP contribution in [0.15, 0.2) is 48.5 Å². The molecule has 4 rings (SSSR count). The van der Waals surface area contributed by atoms with Crippen molar-refractivity contribution in [3.05, 3.63) is 65.2 Å². The number of rotatable bonds is 2. The summed E-state index contributed by atoms with van der Waals surface area (Å²) < 4.78 is 6.44. The summed E-state index contributed by atoms with van der Waals surface area (Å²) in [4.78, 5) is 28.3. The molecule has 2 aliphatic rings. The maximum Gasteiger partial charge on any atom is 0.262 e. The van der Waals surface area contributed by atoms with Crippen LogP contribution in [0.25, 0.3) is 0 Å². The van der Waals surface area contributed by atoms with E-state index >= 15 is 0 Å². The van der Waals surface area contributed by atoms with Gasteiger partial charge in [0, 0.05) is 18.5 Å². The average molecular weight is 406 g/mol. The first-order valence-corrected chi connectivity index (χ1v) is 10.7. The number of hydrogen-bond donors (Lipinski definition) is 0. The summed E-state index contributed by atoms with van der Waals surface area (Å²) in [5.41, 5.74) is 2.22. The lowest BCUT2D eigenvalue weighted by atomic mass is 9.70. The highest BCUT2D eigenvalue weighted by Gasteiger charge is 2.67. The molecule has 0 unspecified atom stereocenters. The number of amides is 1. The van der Waals surface area contributed by atoms with Crippen LogP contribution in [0.4, 0.5) is 5.69 Å². The molecule has 2 fully saturated rings. The highest BCUT2D eigenvalue weighted by atomic mass is 16.5. The third-order valence-corrected chi connectivity index (χ3v) is 6.19. The van der Waals surface area contributed by atoms with Gasteiger partial charge < -0.3 is 4.74 Å². The van der Waals surface area contributed by atoms with E-state index in [0.717, 1.165) is 22.4 Å². The number of β-lactam (4-membered cyclic amide) rings is 1. The van der Waals surface area contributed by atoms with Gasteiger partial charge in [0.2, 0.25) is 0 Å². The van der Waals surface area contributed by atoms with Crippen molar-refractivity contribution in [3.63, 3.8) is 0 Å². The van der Waals surface area contributed by atoms with Crippen LogP contribution >= 0.6 is 0 Å². The lowest BCUT2D eigenvalue weighted by molar-refractivity contribution is -0.210. The number of carbonyl (C=O) groups is 2. The van der Waals surface area contributed by atoms with Gasteiger partial charge in [0.25, 0.3) is 5.91 Å². The number of ketones is 1. The summed E-state index contributed by atoms with van der Waals surface area (Å²) in [5.74, 6) is -0.0358. The maximum absolute atomic E-state index is 13.8. The van der Waals surface area contributed by atoms with E-state index in [0.29, 0.717) is 6.42 Å². The second-order valence-corrected chi connectivity index (χ2v) is 10.4. The molecule has 158 valence electrons. The van der Waals surface area contributed by atoms with Crippen LogP contribution in [-0.4, -0.2) is 22.9 Å². The van der Waals surface area contributed by atoms with Gasteiger partial charge in [-0.1, -0.05) is 68.8 Å². The number of carbonyl (C=O) groups excluding carboxylic acids is 2. The van der Waals surface area contributed by atoms with Crippen molar-refractivity contribution < 1.29 is 14.3 Å². The Bertz CT molecular complexity index is 1000. The maximum atomic E-state index is 13.8. The zero-order valence-electron chi connectivity index (χ0n) is 18.8. The fourth-order valence-electron chi connectivity index (χ4n) is 4.98. The van der Waals surface area contributed by atoms with E-state index in [1.807, 2.05) is 43.9 Å². The lowest BCUT2D eigenvalue weighted by Crippen LogP contribution is -2.74. The minimum Gasteiger partial charge on any atom is -0.356 e. The van der Waals surface area contributed by atoms with Gasteiger partial charge >= 0.3 is 0 Å². The van der Waals surface area contributed by atoms with Crippen LogP contribution in [0.5, 0.6) is 0 Å². The van der Waals surface area contributed by atoms with Crippen molar-refractivity contribution in [1.29, 1.82) is 0 Å². The number of Topliss-reactive ketones (excluding diaryl/α,β-unsaturated/α-hetero) is 1. The van der Waals surface area contributed by atoms with Crippen LogP contribution in [0.3, 0.4) is 0 Å². The number of nitrogens with zero attached hydrogens (tertiary/aromatic N) is 1. The Morgan fingerprint density at radius 1 is 0.967 bits per heavy atom. The van der Waals surface area contributed by atoms with Crippen molar-refractivity contribution in [3.8, 4) is 0 Å². The predicted molar refractivity (Wildman–Crippen MR) is 119 cm³/mol. The Morgan fingerprint density at radius 2 is 1.60 bits per heavy atom. The van der Waals surface area contributed by atoms with Crippen molar-refractivity contribution in [1.82, 2.24) is 0 Å². The monoisotopic (exact) mass is 405 g/mol. The van der Waals surface area contributed by atoms with Gasteiger partial charge in [-0.15, -0.1) is 0 Å². The molecule has 2 heterocycles. The zero-order chi connectivity index (χ0) is 21.9. The molecule has 0 aliphatic carbocycles. The van der Waals surface area contributed by atoms with Gasteiger partial charge in [-0.3, -0.25) is 14.5 Å². The van der Waals surface area contributed by atoms with Crippen LogP contribution in [0, 0.1) is 6.92 Å².